The zero-order chi connectivity index (χ0) is 30.8. The number of terminal acetylenes is 1. The van der Waals surface area contributed by atoms with Gasteiger partial charge >= 0.3 is 21.1 Å². The van der Waals surface area contributed by atoms with Gasteiger partial charge in [0.25, 0.3) is 0 Å². The number of nitrogens with zero attached hydrogens (tertiary/aromatic N) is 2. The summed E-state index contributed by atoms with van der Waals surface area (Å²) in [7, 11) is 0. The molecule has 4 rings (SSSR count). The molecule has 2 aromatic carbocycles. The second-order valence-electron chi connectivity index (χ2n) is 7.51. The number of hydrogen-bond acceptors (Lipinski definition) is 2. The Labute approximate surface area is 266 Å². The zero-order valence-electron chi connectivity index (χ0n) is 26.9. The molecule has 41 heavy (non-hydrogen) atoms. The number of pyridine rings is 2. The van der Waals surface area contributed by atoms with Crippen LogP contribution >= 0.6 is 0 Å². The van der Waals surface area contributed by atoms with Crippen LogP contribution in [0, 0.1) is 36.3 Å². The first kappa shape index (κ1) is 42.0. The van der Waals surface area contributed by atoms with E-state index in [9.17, 15) is 0 Å². The molecule has 0 aliphatic rings. The summed E-state index contributed by atoms with van der Waals surface area (Å²) < 4.78 is 0. The molecular formula is C38H48N2Pt. The topological polar surface area (TPSA) is 25.8 Å². The van der Waals surface area contributed by atoms with Crippen LogP contribution in [-0.4, -0.2) is 9.97 Å². The average molecular weight is 728 g/mol. The van der Waals surface area contributed by atoms with Crippen LogP contribution in [0.25, 0.3) is 22.5 Å². The second-order valence-corrected chi connectivity index (χ2v) is 7.51. The predicted molar refractivity (Wildman–Crippen MR) is 177 cm³/mol. The van der Waals surface area contributed by atoms with Crippen LogP contribution in [0.1, 0.15) is 87.5 Å². The van der Waals surface area contributed by atoms with E-state index < -0.39 is 0 Å². The number of benzene rings is 2. The van der Waals surface area contributed by atoms with Gasteiger partial charge in [0.15, 0.2) is 0 Å². The van der Waals surface area contributed by atoms with Gasteiger partial charge in [-0.05, 0) is 56.1 Å². The first-order valence-corrected chi connectivity index (χ1v) is 14.3. The Bertz CT molecular complexity index is 1180. The minimum atomic E-state index is -0.324. The van der Waals surface area contributed by atoms with E-state index in [4.69, 9.17) is 16.4 Å². The van der Waals surface area contributed by atoms with Crippen molar-refractivity contribution in [3.05, 3.63) is 108 Å². The molecule has 0 aliphatic heterocycles. The fraction of sp³-hybridized carbons (Fsp3) is 0.316. The fourth-order valence-corrected chi connectivity index (χ4v) is 3.17. The summed E-state index contributed by atoms with van der Waals surface area (Å²) >= 11 is 0. The molecule has 0 fully saturated rings. The maximum absolute atomic E-state index is 4.91. The van der Waals surface area contributed by atoms with Gasteiger partial charge in [0.05, 0.1) is 0 Å². The third kappa shape index (κ3) is 14.7. The van der Waals surface area contributed by atoms with Crippen molar-refractivity contribution in [2.24, 2.45) is 0 Å². The Kier molecular flexibility index (Phi) is 27.4. The summed E-state index contributed by atoms with van der Waals surface area (Å²) in [5.41, 5.74) is 5.49. The van der Waals surface area contributed by atoms with Crippen LogP contribution in [0.2, 0.25) is 0 Å². The van der Waals surface area contributed by atoms with Crippen molar-refractivity contribution in [1.82, 2.24) is 9.97 Å². The normalized spacial score (nSPS) is 8.44. The van der Waals surface area contributed by atoms with Crippen LogP contribution in [-0.2, 0) is 26.5 Å². The minimum Gasteiger partial charge on any atom is -0.300 e. The van der Waals surface area contributed by atoms with E-state index in [1.165, 1.54) is 0 Å². The summed E-state index contributed by atoms with van der Waals surface area (Å²) in [6.07, 6.45) is 4.72. The monoisotopic (exact) mass is 727 g/mol. The quantitative estimate of drug-likeness (QED) is 0.155. The van der Waals surface area contributed by atoms with Gasteiger partial charge in [-0.25, -0.2) is 0 Å². The van der Waals surface area contributed by atoms with Crippen LogP contribution in [0.15, 0.2) is 84.9 Å². The smallest absolute Gasteiger partial charge is 0.300 e. The third-order valence-corrected chi connectivity index (χ3v) is 4.95. The van der Waals surface area contributed by atoms with E-state index in [-0.39, 0.29) is 26.5 Å². The molecule has 2 heterocycles. The van der Waals surface area contributed by atoms with Gasteiger partial charge < -0.3 is 9.97 Å². The Hall–Kier alpha value is -3.45. The Morgan fingerprint density at radius 1 is 0.610 bits per heavy atom. The number of hydrogen-bond donors (Lipinski definition) is 0. The number of rotatable bonds is 4. The molecule has 0 atom stereocenters. The van der Waals surface area contributed by atoms with Gasteiger partial charge in [-0.15, -0.1) is 78.2 Å². The van der Waals surface area contributed by atoms with Crippen molar-refractivity contribution in [1.29, 1.82) is 0 Å². The van der Waals surface area contributed by atoms with Crippen LogP contribution < -0.4 is 0 Å². The minimum absolute atomic E-state index is 0. The molecule has 0 unspecified atom stereocenters. The fourth-order valence-electron chi connectivity index (χ4n) is 3.17. The Morgan fingerprint density at radius 3 is 1.27 bits per heavy atom. The van der Waals surface area contributed by atoms with Gasteiger partial charge in [0, 0.05) is 16.8 Å². The van der Waals surface area contributed by atoms with Gasteiger partial charge in [-0.1, -0.05) is 85.6 Å². The first-order valence-electron chi connectivity index (χ1n) is 14.3. The molecule has 0 amide bonds. The van der Waals surface area contributed by atoms with Gasteiger partial charge in [0.2, 0.25) is 0 Å². The van der Waals surface area contributed by atoms with Gasteiger partial charge in [0.1, 0.15) is 0 Å². The summed E-state index contributed by atoms with van der Waals surface area (Å²) in [6.45, 7) is 22.0. The van der Waals surface area contributed by atoms with E-state index in [2.05, 4.69) is 68.0 Å². The SMILES string of the molecule is C#CC#CC.CC.CC.CC.CC.CC(C)(c1cccc(-c2[c-]cccc2)n1)c1cccc(-c2[c-]cccc2)n1.[Pt+2]. The second kappa shape index (κ2) is 26.8. The van der Waals surface area contributed by atoms with Crippen molar-refractivity contribution in [2.45, 2.75) is 81.6 Å². The molecule has 2 aromatic heterocycles. The third-order valence-electron chi connectivity index (χ3n) is 4.95. The summed E-state index contributed by atoms with van der Waals surface area (Å²) in [4.78, 5) is 9.83. The molecule has 0 saturated heterocycles. The molecule has 0 radical (unpaired) electrons. The molecule has 0 aliphatic carbocycles. The number of aromatic nitrogens is 2. The summed E-state index contributed by atoms with van der Waals surface area (Å²) in [5, 5.41) is 0. The van der Waals surface area contributed by atoms with Gasteiger partial charge in [-0.2, -0.15) is 0 Å². The molecule has 3 heteroatoms. The molecule has 4 aromatic rings. The molecule has 0 spiro atoms. The Balaban J connectivity index is -0.000000895. The predicted octanol–water partition coefficient (Wildman–Crippen LogP) is 10.5. The van der Waals surface area contributed by atoms with Crippen molar-refractivity contribution < 1.29 is 21.1 Å². The van der Waals surface area contributed by atoms with E-state index >= 15 is 0 Å². The van der Waals surface area contributed by atoms with E-state index in [1.807, 2.05) is 116 Å². The molecule has 0 N–H and O–H groups in total. The maximum Gasteiger partial charge on any atom is 2.00 e. The van der Waals surface area contributed by atoms with Crippen molar-refractivity contribution in [3.8, 4) is 46.7 Å². The summed E-state index contributed by atoms with van der Waals surface area (Å²) in [6, 6.07) is 34.6. The van der Waals surface area contributed by atoms with Crippen LogP contribution in [0.5, 0.6) is 0 Å². The first-order chi connectivity index (χ1) is 19.6. The molecule has 0 saturated carbocycles. The van der Waals surface area contributed by atoms with Crippen molar-refractivity contribution in [3.63, 3.8) is 0 Å². The molecule has 0 bridgehead atoms. The molecule has 220 valence electrons. The molecule has 2 nitrogen and oxygen atoms in total. The Morgan fingerprint density at radius 2 is 1.00 bits per heavy atom. The van der Waals surface area contributed by atoms with Crippen LogP contribution in [0.3, 0.4) is 0 Å². The maximum atomic E-state index is 4.91. The average Bonchev–Trinajstić information content (AvgIpc) is 3.06. The largest absolute Gasteiger partial charge is 2.00 e. The van der Waals surface area contributed by atoms with Crippen molar-refractivity contribution in [2.75, 3.05) is 0 Å². The standard InChI is InChI=1S/C25H20N2.C5H4.4C2H6.Pt/c1-25(2,23-17-9-15-21(26-23)19-11-5-3-6-12-19)24-18-10-16-22(27-24)20-13-7-4-8-14-20;1-3-5-4-2;4*1-2;/h3-11,13,15-18H,1-2H3;1H,2H3;4*1-2H3;/q-2;;;;;;+2. The van der Waals surface area contributed by atoms with Gasteiger partial charge in [-0.3, -0.25) is 0 Å². The van der Waals surface area contributed by atoms with E-state index in [0.717, 1.165) is 33.9 Å². The van der Waals surface area contributed by atoms with E-state index in [1.54, 1.807) is 6.92 Å². The molecular weight excluding hydrogens is 680 g/mol. The summed E-state index contributed by atoms with van der Waals surface area (Å²) in [5.74, 6) is 7.08. The van der Waals surface area contributed by atoms with Crippen LogP contribution in [0.4, 0.5) is 0 Å². The van der Waals surface area contributed by atoms with Crippen molar-refractivity contribution >= 4 is 0 Å². The zero-order valence-corrected chi connectivity index (χ0v) is 29.1. The van der Waals surface area contributed by atoms with E-state index in [0.29, 0.717) is 0 Å².